The fourth-order valence-electron chi connectivity index (χ4n) is 4.17. The minimum Gasteiger partial charge on any atom is -0.354 e. The zero-order valence-corrected chi connectivity index (χ0v) is 23.5. The third kappa shape index (κ3) is 7.89. The molecule has 2 amide bonds. The molecule has 0 aliphatic heterocycles. The van der Waals surface area contributed by atoms with Gasteiger partial charge in [-0.3, -0.25) is 13.9 Å². The summed E-state index contributed by atoms with van der Waals surface area (Å²) in [5.74, 6) is -1.36. The van der Waals surface area contributed by atoms with Gasteiger partial charge in [0, 0.05) is 13.1 Å². The Morgan fingerprint density at radius 1 is 0.923 bits per heavy atom. The van der Waals surface area contributed by atoms with Crippen LogP contribution in [0.1, 0.15) is 44.2 Å². The van der Waals surface area contributed by atoms with Crippen LogP contribution in [0.25, 0.3) is 0 Å². The summed E-state index contributed by atoms with van der Waals surface area (Å²) < 4.78 is 42.1. The van der Waals surface area contributed by atoms with Crippen LogP contribution >= 0.6 is 0 Å². The summed E-state index contributed by atoms with van der Waals surface area (Å²) in [5, 5.41) is 2.91. The molecule has 0 heterocycles. The van der Waals surface area contributed by atoms with Crippen molar-refractivity contribution in [3.05, 3.63) is 95.8 Å². The fraction of sp³-hybridized carbons (Fsp3) is 0.333. The first-order valence-electron chi connectivity index (χ1n) is 13.1. The third-order valence-corrected chi connectivity index (χ3v) is 8.20. The van der Waals surface area contributed by atoms with E-state index in [2.05, 4.69) is 5.32 Å². The molecule has 3 aromatic rings. The summed E-state index contributed by atoms with van der Waals surface area (Å²) in [6.07, 6.45) is 2.06. The number of halogens is 1. The molecule has 3 aromatic carbocycles. The fourth-order valence-corrected chi connectivity index (χ4v) is 5.61. The highest BCUT2D eigenvalue weighted by molar-refractivity contribution is 7.92. The molecule has 0 radical (unpaired) electrons. The van der Waals surface area contributed by atoms with Crippen LogP contribution in [0.15, 0.2) is 83.8 Å². The average Bonchev–Trinajstić information content (AvgIpc) is 2.93. The number of aryl methyl sites for hydroxylation is 1. The standard InChI is InChI=1S/C30H36FN3O4S/c1-4-6-20-32-30(36)28(5-2)33(21-24-14-12-23(3)13-15-24)29(35)22-34(26-18-16-25(31)17-19-26)39(37,38)27-10-8-7-9-11-27/h7-19,28H,4-6,20-22H2,1-3H3,(H,32,36)/t28-/m1/s1. The topological polar surface area (TPSA) is 86.8 Å². The van der Waals surface area contributed by atoms with Crippen molar-refractivity contribution in [3.8, 4) is 0 Å². The molecule has 0 spiro atoms. The van der Waals surface area contributed by atoms with Crippen molar-refractivity contribution in [1.29, 1.82) is 0 Å². The summed E-state index contributed by atoms with van der Waals surface area (Å²) in [5.41, 5.74) is 2.01. The number of nitrogens with zero attached hydrogens (tertiary/aromatic N) is 2. The second-order valence-electron chi connectivity index (χ2n) is 9.38. The van der Waals surface area contributed by atoms with Gasteiger partial charge in [-0.25, -0.2) is 12.8 Å². The van der Waals surface area contributed by atoms with Crippen molar-refractivity contribution in [2.45, 2.75) is 57.5 Å². The molecule has 0 fully saturated rings. The molecule has 0 aliphatic carbocycles. The normalized spacial score (nSPS) is 12.0. The lowest BCUT2D eigenvalue weighted by Crippen LogP contribution is -2.52. The Morgan fingerprint density at radius 3 is 2.15 bits per heavy atom. The Labute approximate surface area is 230 Å². The van der Waals surface area contributed by atoms with Crippen LogP contribution in [0.5, 0.6) is 0 Å². The summed E-state index contributed by atoms with van der Waals surface area (Å²) in [6.45, 7) is 5.85. The van der Waals surface area contributed by atoms with Gasteiger partial charge in [-0.05, 0) is 61.7 Å². The van der Waals surface area contributed by atoms with Crippen molar-refractivity contribution in [2.24, 2.45) is 0 Å². The molecule has 0 unspecified atom stereocenters. The molecule has 1 atom stereocenters. The van der Waals surface area contributed by atoms with Crippen molar-refractivity contribution < 1.29 is 22.4 Å². The number of anilines is 1. The van der Waals surface area contributed by atoms with Crippen molar-refractivity contribution in [2.75, 3.05) is 17.4 Å². The van der Waals surface area contributed by atoms with E-state index in [0.717, 1.165) is 40.4 Å². The van der Waals surface area contributed by atoms with Crippen LogP contribution in [0, 0.1) is 12.7 Å². The Balaban J connectivity index is 2.01. The number of amides is 2. The Bertz CT molecular complexity index is 1330. The molecule has 7 nitrogen and oxygen atoms in total. The molecule has 208 valence electrons. The van der Waals surface area contributed by atoms with Crippen LogP contribution in [0.3, 0.4) is 0 Å². The molecule has 0 aliphatic rings. The quantitative estimate of drug-likeness (QED) is 0.300. The number of carbonyl (C=O) groups is 2. The molecule has 0 saturated carbocycles. The zero-order valence-electron chi connectivity index (χ0n) is 22.6. The van der Waals surface area contributed by atoms with Gasteiger partial charge in [0.15, 0.2) is 0 Å². The molecule has 3 rings (SSSR count). The maximum Gasteiger partial charge on any atom is 0.264 e. The maximum atomic E-state index is 13.9. The van der Waals surface area contributed by atoms with Gasteiger partial charge in [-0.2, -0.15) is 0 Å². The van der Waals surface area contributed by atoms with E-state index in [4.69, 9.17) is 0 Å². The highest BCUT2D eigenvalue weighted by atomic mass is 32.2. The lowest BCUT2D eigenvalue weighted by molar-refractivity contribution is -0.140. The number of sulfonamides is 1. The van der Waals surface area contributed by atoms with Gasteiger partial charge in [-0.15, -0.1) is 0 Å². The summed E-state index contributed by atoms with van der Waals surface area (Å²) >= 11 is 0. The van der Waals surface area contributed by atoms with E-state index in [9.17, 15) is 22.4 Å². The van der Waals surface area contributed by atoms with E-state index in [1.54, 1.807) is 18.2 Å². The SMILES string of the molecule is CCCCNC(=O)[C@@H](CC)N(Cc1ccc(C)cc1)C(=O)CN(c1ccc(F)cc1)S(=O)(=O)c1ccccc1. The molecule has 0 bridgehead atoms. The minimum absolute atomic E-state index is 0.00319. The summed E-state index contributed by atoms with van der Waals surface area (Å²) in [7, 11) is -4.18. The van der Waals surface area contributed by atoms with Crippen molar-refractivity contribution >= 4 is 27.5 Å². The Kier molecular flexibility index (Phi) is 10.6. The minimum atomic E-state index is -4.18. The van der Waals surface area contributed by atoms with E-state index < -0.39 is 34.3 Å². The summed E-state index contributed by atoms with van der Waals surface area (Å²) in [4.78, 5) is 28.5. The number of rotatable bonds is 13. The second kappa shape index (κ2) is 13.9. The lowest BCUT2D eigenvalue weighted by atomic mass is 10.1. The number of benzene rings is 3. The summed E-state index contributed by atoms with van der Waals surface area (Å²) in [6, 6.07) is 19.5. The monoisotopic (exact) mass is 553 g/mol. The first kappa shape index (κ1) is 29.8. The zero-order chi connectivity index (χ0) is 28.4. The van der Waals surface area contributed by atoms with Crippen LogP contribution in [0.2, 0.25) is 0 Å². The Morgan fingerprint density at radius 2 is 1.56 bits per heavy atom. The van der Waals surface area contributed by atoms with Crippen LogP contribution < -0.4 is 9.62 Å². The predicted molar refractivity (Wildman–Crippen MR) is 151 cm³/mol. The number of hydrogen-bond acceptors (Lipinski definition) is 4. The number of hydrogen-bond donors (Lipinski definition) is 1. The number of unbranched alkanes of at least 4 members (excludes halogenated alkanes) is 1. The van der Waals surface area contributed by atoms with Gasteiger partial charge in [0.2, 0.25) is 11.8 Å². The van der Waals surface area contributed by atoms with Gasteiger partial charge in [0.25, 0.3) is 10.0 Å². The third-order valence-electron chi connectivity index (χ3n) is 6.41. The molecule has 9 heteroatoms. The average molecular weight is 554 g/mol. The van der Waals surface area contributed by atoms with E-state index in [1.807, 2.05) is 45.0 Å². The first-order chi connectivity index (χ1) is 18.7. The van der Waals surface area contributed by atoms with E-state index in [-0.39, 0.29) is 23.0 Å². The van der Waals surface area contributed by atoms with Gasteiger partial charge in [-0.1, -0.05) is 68.3 Å². The predicted octanol–water partition coefficient (Wildman–Crippen LogP) is 5.05. The largest absolute Gasteiger partial charge is 0.354 e. The van der Waals surface area contributed by atoms with Crippen LogP contribution in [-0.4, -0.2) is 44.3 Å². The van der Waals surface area contributed by atoms with Crippen LogP contribution in [-0.2, 0) is 26.2 Å². The van der Waals surface area contributed by atoms with Crippen molar-refractivity contribution in [3.63, 3.8) is 0 Å². The van der Waals surface area contributed by atoms with E-state index >= 15 is 0 Å². The van der Waals surface area contributed by atoms with Gasteiger partial charge in [0.05, 0.1) is 10.6 Å². The number of nitrogens with one attached hydrogen (secondary N) is 1. The lowest BCUT2D eigenvalue weighted by Gasteiger charge is -2.33. The smallest absolute Gasteiger partial charge is 0.264 e. The van der Waals surface area contributed by atoms with Gasteiger partial charge in [0.1, 0.15) is 18.4 Å². The van der Waals surface area contributed by atoms with E-state index in [1.165, 1.54) is 29.2 Å². The highest BCUT2D eigenvalue weighted by Crippen LogP contribution is 2.25. The number of carbonyl (C=O) groups excluding carboxylic acids is 2. The molecular weight excluding hydrogens is 517 g/mol. The van der Waals surface area contributed by atoms with E-state index in [0.29, 0.717) is 13.0 Å². The van der Waals surface area contributed by atoms with Crippen molar-refractivity contribution in [1.82, 2.24) is 10.2 Å². The first-order valence-corrected chi connectivity index (χ1v) is 14.6. The highest BCUT2D eigenvalue weighted by Gasteiger charge is 2.33. The van der Waals surface area contributed by atoms with Crippen LogP contribution in [0.4, 0.5) is 10.1 Å². The molecule has 0 saturated heterocycles. The molecular formula is C30H36FN3O4S. The Hall–Kier alpha value is -3.72. The maximum absolute atomic E-state index is 13.9. The molecule has 0 aromatic heterocycles. The molecule has 39 heavy (non-hydrogen) atoms. The van der Waals surface area contributed by atoms with Gasteiger partial charge >= 0.3 is 0 Å². The second-order valence-corrected chi connectivity index (χ2v) is 11.2. The van der Waals surface area contributed by atoms with Gasteiger partial charge < -0.3 is 10.2 Å². The molecule has 1 N–H and O–H groups in total.